The summed E-state index contributed by atoms with van der Waals surface area (Å²) in [5, 5.41) is 11.9. The number of methoxy groups -OCH3 is 1. The fourth-order valence-electron chi connectivity index (χ4n) is 2.25. The lowest BCUT2D eigenvalue weighted by atomic mass is 10.1. The van der Waals surface area contributed by atoms with E-state index in [1.807, 2.05) is 12.1 Å². The van der Waals surface area contributed by atoms with Crippen molar-refractivity contribution in [1.29, 1.82) is 0 Å². The SMILES string of the molecule is COCO[C@@H]1c2c(Cl)cccc2C[C@@H]1NC(=O)O. The van der Waals surface area contributed by atoms with Crippen molar-refractivity contribution in [1.82, 2.24) is 5.32 Å². The molecule has 98 valence electrons. The molecule has 2 rings (SSSR count). The number of carboxylic acid groups (broad SMARTS) is 1. The Morgan fingerprint density at radius 1 is 1.61 bits per heavy atom. The molecule has 0 saturated carbocycles. The Balaban J connectivity index is 2.26. The van der Waals surface area contributed by atoms with Gasteiger partial charge in [0.25, 0.3) is 0 Å². The van der Waals surface area contributed by atoms with E-state index in [1.165, 1.54) is 7.11 Å². The lowest BCUT2D eigenvalue weighted by Gasteiger charge is -2.21. The molecule has 2 atom stereocenters. The van der Waals surface area contributed by atoms with Gasteiger partial charge >= 0.3 is 6.09 Å². The molecule has 0 aromatic heterocycles. The molecule has 1 aliphatic rings. The molecule has 0 bridgehead atoms. The van der Waals surface area contributed by atoms with Crippen LogP contribution in [0.1, 0.15) is 17.2 Å². The van der Waals surface area contributed by atoms with E-state index >= 15 is 0 Å². The maximum atomic E-state index is 10.8. The minimum atomic E-state index is -1.07. The van der Waals surface area contributed by atoms with Crippen molar-refractivity contribution in [3.63, 3.8) is 0 Å². The summed E-state index contributed by atoms with van der Waals surface area (Å²) in [6, 6.07) is 5.20. The van der Waals surface area contributed by atoms with E-state index in [4.69, 9.17) is 26.2 Å². The topological polar surface area (TPSA) is 67.8 Å². The van der Waals surface area contributed by atoms with Gasteiger partial charge in [0.1, 0.15) is 12.9 Å². The van der Waals surface area contributed by atoms with Gasteiger partial charge in [-0.1, -0.05) is 23.7 Å². The Hall–Kier alpha value is -1.30. The number of hydrogen-bond donors (Lipinski definition) is 2. The zero-order chi connectivity index (χ0) is 13.1. The van der Waals surface area contributed by atoms with Crippen LogP contribution in [0.15, 0.2) is 18.2 Å². The molecule has 0 unspecified atom stereocenters. The molecular formula is C12H14ClNO4. The quantitative estimate of drug-likeness (QED) is 0.824. The highest BCUT2D eigenvalue weighted by Gasteiger charge is 2.36. The summed E-state index contributed by atoms with van der Waals surface area (Å²) in [7, 11) is 1.52. The molecular weight excluding hydrogens is 258 g/mol. The number of amides is 1. The van der Waals surface area contributed by atoms with Crippen molar-refractivity contribution in [2.24, 2.45) is 0 Å². The Labute approximate surface area is 110 Å². The van der Waals surface area contributed by atoms with E-state index < -0.39 is 12.2 Å². The summed E-state index contributed by atoms with van der Waals surface area (Å²) in [4.78, 5) is 10.8. The molecule has 0 heterocycles. The van der Waals surface area contributed by atoms with Crippen LogP contribution >= 0.6 is 11.6 Å². The van der Waals surface area contributed by atoms with Crippen LogP contribution in [0.3, 0.4) is 0 Å². The molecule has 1 aromatic rings. The second kappa shape index (κ2) is 5.56. The zero-order valence-corrected chi connectivity index (χ0v) is 10.6. The van der Waals surface area contributed by atoms with Gasteiger partial charge in [0.15, 0.2) is 0 Å². The Kier molecular flexibility index (Phi) is 4.06. The minimum Gasteiger partial charge on any atom is -0.465 e. The molecule has 0 aliphatic heterocycles. The van der Waals surface area contributed by atoms with Gasteiger partial charge in [0.2, 0.25) is 0 Å². The average Bonchev–Trinajstić information content (AvgIpc) is 2.64. The van der Waals surface area contributed by atoms with Crippen LogP contribution in [0.4, 0.5) is 4.79 Å². The van der Waals surface area contributed by atoms with Crippen LogP contribution in [-0.4, -0.2) is 31.1 Å². The van der Waals surface area contributed by atoms with Gasteiger partial charge in [-0.25, -0.2) is 4.79 Å². The molecule has 1 aromatic carbocycles. The summed E-state index contributed by atoms with van der Waals surface area (Å²) < 4.78 is 10.4. The number of ether oxygens (including phenoxy) is 2. The first-order valence-corrected chi connectivity index (χ1v) is 5.88. The molecule has 18 heavy (non-hydrogen) atoms. The molecule has 5 nitrogen and oxygen atoms in total. The van der Waals surface area contributed by atoms with Crippen molar-refractivity contribution in [2.75, 3.05) is 13.9 Å². The monoisotopic (exact) mass is 271 g/mol. The van der Waals surface area contributed by atoms with E-state index in [0.717, 1.165) is 11.1 Å². The molecule has 0 saturated heterocycles. The van der Waals surface area contributed by atoms with Gasteiger partial charge in [-0.05, 0) is 18.1 Å². The number of halogens is 1. The number of benzene rings is 1. The third-order valence-corrected chi connectivity index (χ3v) is 3.24. The first-order chi connectivity index (χ1) is 8.63. The lowest BCUT2D eigenvalue weighted by molar-refractivity contribution is -0.0804. The van der Waals surface area contributed by atoms with Gasteiger partial charge in [-0.15, -0.1) is 0 Å². The standard InChI is InChI=1S/C12H14ClNO4/c1-17-6-18-11-9(14-12(15)16)5-7-3-2-4-8(13)10(7)11/h2-4,9,11,14H,5-6H2,1H3,(H,15,16)/t9-,11-/m0/s1. The van der Waals surface area contributed by atoms with E-state index in [-0.39, 0.29) is 12.8 Å². The van der Waals surface area contributed by atoms with Gasteiger partial charge in [-0.3, -0.25) is 0 Å². The molecule has 6 heteroatoms. The first-order valence-electron chi connectivity index (χ1n) is 5.50. The van der Waals surface area contributed by atoms with Crippen molar-refractivity contribution in [3.8, 4) is 0 Å². The second-order valence-corrected chi connectivity index (χ2v) is 4.47. The number of rotatable bonds is 4. The van der Waals surface area contributed by atoms with E-state index in [0.29, 0.717) is 11.4 Å². The van der Waals surface area contributed by atoms with Gasteiger partial charge < -0.3 is 19.9 Å². The highest BCUT2D eigenvalue weighted by molar-refractivity contribution is 6.31. The van der Waals surface area contributed by atoms with Crippen LogP contribution in [0.25, 0.3) is 0 Å². The summed E-state index contributed by atoms with van der Waals surface area (Å²) in [6.07, 6.45) is -0.920. The number of fused-ring (bicyclic) bond motifs is 1. The van der Waals surface area contributed by atoms with Crippen LogP contribution in [0, 0.1) is 0 Å². The Morgan fingerprint density at radius 3 is 3.06 bits per heavy atom. The van der Waals surface area contributed by atoms with Gasteiger partial charge in [-0.2, -0.15) is 0 Å². The van der Waals surface area contributed by atoms with Crippen molar-refractivity contribution >= 4 is 17.7 Å². The molecule has 1 amide bonds. The number of nitrogens with one attached hydrogen (secondary N) is 1. The summed E-state index contributed by atoms with van der Waals surface area (Å²) in [5.41, 5.74) is 1.84. The Bertz CT molecular complexity index is 452. The normalized spacial score (nSPS) is 21.7. The average molecular weight is 272 g/mol. The highest BCUT2D eigenvalue weighted by atomic mass is 35.5. The van der Waals surface area contributed by atoms with E-state index in [1.54, 1.807) is 6.07 Å². The largest absolute Gasteiger partial charge is 0.465 e. The van der Waals surface area contributed by atoms with Gasteiger partial charge in [0.05, 0.1) is 6.04 Å². The van der Waals surface area contributed by atoms with Crippen LogP contribution < -0.4 is 5.32 Å². The molecule has 0 radical (unpaired) electrons. The smallest absolute Gasteiger partial charge is 0.404 e. The summed E-state index contributed by atoms with van der Waals surface area (Å²) >= 11 is 6.15. The fraction of sp³-hybridized carbons (Fsp3) is 0.417. The van der Waals surface area contributed by atoms with Crippen molar-refractivity contribution < 1.29 is 19.4 Å². The lowest BCUT2D eigenvalue weighted by Crippen LogP contribution is -2.37. The number of carbonyl (C=O) groups is 1. The second-order valence-electron chi connectivity index (χ2n) is 4.07. The first kappa shape index (κ1) is 13.1. The predicted molar refractivity (Wildman–Crippen MR) is 65.8 cm³/mol. The van der Waals surface area contributed by atoms with Crippen LogP contribution in [0.2, 0.25) is 5.02 Å². The molecule has 1 aliphatic carbocycles. The van der Waals surface area contributed by atoms with E-state index in [9.17, 15) is 4.79 Å². The van der Waals surface area contributed by atoms with E-state index in [2.05, 4.69) is 5.32 Å². The van der Waals surface area contributed by atoms with Crippen LogP contribution in [0.5, 0.6) is 0 Å². The number of hydrogen-bond acceptors (Lipinski definition) is 3. The molecule has 0 spiro atoms. The third kappa shape index (κ3) is 2.58. The summed E-state index contributed by atoms with van der Waals surface area (Å²) in [6.45, 7) is 0.0904. The third-order valence-electron chi connectivity index (χ3n) is 2.91. The van der Waals surface area contributed by atoms with Gasteiger partial charge in [0, 0.05) is 17.7 Å². The Morgan fingerprint density at radius 2 is 2.39 bits per heavy atom. The minimum absolute atomic E-state index is 0.0904. The van der Waals surface area contributed by atoms with Crippen LogP contribution in [-0.2, 0) is 15.9 Å². The maximum absolute atomic E-state index is 10.8. The maximum Gasteiger partial charge on any atom is 0.404 e. The predicted octanol–water partition coefficient (Wildman–Crippen LogP) is 2.19. The molecule has 2 N–H and O–H groups in total. The summed E-state index contributed by atoms with van der Waals surface area (Å²) in [5.74, 6) is 0. The van der Waals surface area contributed by atoms with Crippen molar-refractivity contribution in [3.05, 3.63) is 34.3 Å². The molecule has 0 fully saturated rings. The fourth-order valence-corrected chi connectivity index (χ4v) is 2.55. The highest BCUT2D eigenvalue weighted by Crippen LogP contribution is 2.38. The zero-order valence-electron chi connectivity index (χ0n) is 9.85. The van der Waals surface area contributed by atoms with Crippen molar-refractivity contribution in [2.45, 2.75) is 18.6 Å².